The molecule has 218 valence electrons. The van der Waals surface area contributed by atoms with Crippen molar-refractivity contribution in [2.45, 2.75) is 17.9 Å². The molecule has 6 rings (SSSR count). The summed E-state index contributed by atoms with van der Waals surface area (Å²) in [5, 5.41) is 38.6. The van der Waals surface area contributed by atoms with Crippen LogP contribution in [0.5, 0.6) is 11.5 Å². The summed E-state index contributed by atoms with van der Waals surface area (Å²) in [6.07, 6.45) is 0.704. The van der Waals surface area contributed by atoms with Gasteiger partial charge < -0.3 is 20.3 Å². The molecule has 2 heterocycles. The van der Waals surface area contributed by atoms with E-state index in [2.05, 4.69) is 32.0 Å². The topological polar surface area (TPSA) is 102 Å². The van der Waals surface area contributed by atoms with Gasteiger partial charge in [0, 0.05) is 72.9 Å². The number of rotatable bonds is 9. The predicted octanol–water partition coefficient (Wildman–Crippen LogP) is 4.68. The highest BCUT2D eigenvalue weighted by Gasteiger charge is 2.22. The number of halogens is 1. The Morgan fingerprint density at radius 1 is 0.857 bits per heavy atom. The highest BCUT2D eigenvalue weighted by atomic mass is 32.2. The van der Waals surface area contributed by atoms with Gasteiger partial charge in [0.15, 0.2) is 17.0 Å². The molecule has 1 aliphatic heterocycles. The van der Waals surface area contributed by atoms with Crippen molar-refractivity contribution >= 4 is 39.3 Å². The average molecular weight is 589 g/mol. The summed E-state index contributed by atoms with van der Waals surface area (Å²) >= 11 is 1.73. The third kappa shape index (κ3) is 5.88. The number of thioether (sulfide) groups is 1. The second-order valence-corrected chi connectivity index (χ2v) is 11.5. The van der Waals surface area contributed by atoms with Gasteiger partial charge in [-0.15, -0.1) is 16.9 Å². The van der Waals surface area contributed by atoms with Gasteiger partial charge in [-0.3, -0.25) is 9.89 Å². The lowest BCUT2D eigenvalue weighted by atomic mass is 10.1. The highest BCUT2D eigenvalue weighted by Crippen LogP contribution is 2.40. The quantitative estimate of drug-likeness (QED) is 0.0995. The van der Waals surface area contributed by atoms with Gasteiger partial charge in [-0.25, -0.2) is 9.07 Å². The molecule has 9 nitrogen and oxygen atoms in total. The zero-order valence-corrected chi connectivity index (χ0v) is 23.9. The van der Waals surface area contributed by atoms with E-state index >= 15 is 0 Å². The SMILES string of the molecule is Oc1c2ccc(=NCCSc3ccccc3)cc2c(O)c2c1nn(O)n2CCCN1CCN(c2ccc(F)cc2)CC1. The molecule has 0 atom stereocenters. The minimum absolute atomic E-state index is 0.0540. The number of anilines is 1. The number of aromatic nitrogens is 3. The molecule has 0 aliphatic carbocycles. The molecule has 5 aromatic rings. The number of nitrogens with zero attached hydrogens (tertiary/aromatic N) is 6. The number of hydrogen-bond donors (Lipinski definition) is 3. The fourth-order valence-electron chi connectivity index (χ4n) is 5.47. The third-order valence-electron chi connectivity index (χ3n) is 7.66. The maximum absolute atomic E-state index is 13.3. The summed E-state index contributed by atoms with van der Waals surface area (Å²) in [4.78, 5) is 11.1. The van der Waals surface area contributed by atoms with Crippen molar-refractivity contribution in [1.82, 2.24) is 19.6 Å². The largest absolute Gasteiger partial charge is 0.505 e. The summed E-state index contributed by atoms with van der Waals surface area (Å²) in [6, 6.07) is 22.0. The molecule has 1 saturated heterocycles. The standard InChI is InChI=1S/C31H33FN6O3S/c32-22-7-10-24(11-8-22)36-18-16-35(17-19-36)14-4-15-37-29-28(34-38(37)41)30(39)26-12-9-23(21-27(26)31(29)40)33-13-20-42-25-5-2-1-3-6-25/h1-3,5-12,21,39-41H,4,13-20H2. The maximum Gasteiger partial charge on any atom is 0.160 e. The molecule has 42 heavy (non-hydrogen) atoms. The first-order valence-electron chi connectivity index (χ1n) is 14.1. The van der Waals surface area contributed by atoms with Crippen LogP contribution < -0.4 is 10.3 Å². The highest BCUT2D eigenvalue weighted by molar-refractivity contribution is 7.99. The van der Waals surface area contributed by atoms with E-state index in [1.54, 1.807) is 30.0 Å². The Kier molecular flexibility index (Phi) is 8.20. The van der Waals surface area contributed by atoms with Crippen molar-refractivity contribution in [1.29, 1.82) is 0 Å². The van der Waals surface area contributed by atoms with Gasteiger partial charge in [-0.05, 0) is 66.0 Å². The molecule has 3 N–H and O–H groups in total. The van der Waals surface area contributed by atoms with Crippen molar-refractivity contribution in [2.24, 2.45) is 4.99 Å². The van der Waals surface area contributed by atoms with E-state index in [1.807, 2.05) is 30.3 Å². The van der Waals surface area contributed by atoms with Crippen LogP contribution in [0.15, 0.2) is 82.7 Å². The van der Waals surface area contributed by atoms with Crippen molar-refractivity contribution in [2.75, 3.05) is 49.9 Å². The number of phenols is 2. The first-order chi connectivity index (χ1) is 20.5. The molecular formula is C31H33FN6O3S. The predicted molar refractivity (Wildman–Crippen MR) is 163 cm³/mol. The minimum atomic E-state index is -0.234. The van der Waals surface area contributed by atoms with Gasteiger partial charge in [0.1, 0.15) is 11.3 Å². The Morgan fingerprint density at radius 3 is 2.38 bits per heavy atom. The first kappa shape index (κ1) is 27.9. The fourth-order valence-corrected chi connectivity index (χ4v) is 6.23. The van der Waals surface area contributed by atoms with Gasteiger partial charge in [0.05, 0.1) is 5.36 Å². The van der Waals surface area contributed by atoms with Crippen LogP contribution in [0.3, 0.4) is 0 Å². The molecule has 1 fully saturated rings. The van der Waals surface area contributed by atoms with Crippen LogP contribution in [0, 0.1) is 5.82 Å². The molecule has 0 bridgehead atoms. The van der Waals surface area contributed by atoms with E-state index in [9.17, 15) is 19.8 Å². The van der Waals surface area contributed by atoms with Gasteiger partial charge >= 0.3 is 0 Å². The number of phenolic OH excluding ortho intramolecular Hbond substituents is 2. The molecular weight excluding hydrogens is 555 g/mol. The number of aryl methyl sites for hydroxylation is 1. The van der Waals surface area contributed by atoms with Crippen LogP contribution in [0.25, 0.3) is 21.8 Å². The molecule has 4 aromatic carbocycles. The van der Waals surface area contributed by atoms with Crippen LogP contribution in [0.2, 0.25) is 0 Å². The molecule has 1 aliphatic rings. The van der Waals surface area contributed by atoms with Crippen LogP contribution in [0.4, 0.5) is 10.1 Å². The second-order valence-electron chi connectivity index (χ2n) is 10.3. The lowest BCUT2D eigenvalue weighted by molar-refractivity contribution is 0.0740. The number of benzene rings is 4. The summed E-state index contributed by atoms with van der Waals surface area (Å²) < 4.78 is 14.7. The summed E-state index contributed by atoms with van der Waals surface area (Å²) in [7, 11) is 0. The van der Waals surface area contributed by atoms with Crippen molar-refractivity contribution < 1.29 is 19.8 Å². The molecule has 0 spiro atoms. The summed E-state index contributed by atoms with van der Waals surface area (Å²) in [5.74, 6) is 0.433. The van der Waals surface area contributed by atoms with Gasteiger partial charge in [-0.1, -0.05) is 18.2 Å². The number of hydrogen-bond acceptors (Lipinski definition) is 8. The van der Waals surface area contributed by atoms with Crippen molar-refractivity contribution in [3.8, 4) is 11.5 Å². The van der Waals surface area contributed by atoms with Gasteiger partial charge in [-0.2, -0.15) is 0 Å². The number of piperazine rings is 1. The third-order valence-corrected chi connectivity index (χ3v) is 8.65. The molecule has 1 aromatic heterocycles. The molecule has 0 unspecified atom stereocenters. The fraction of sp³-hybridized carbons (Fsp3) is 0.290. The van der Waals surface area contributed by atoms with E-state index in [-0.39, 0.29) is 28.3 Å². The van der Waals surface area contributed by atoms with Crippen molar-refractivity contribution in [3.05, 3.63) is 84.0 Å². The van der Waals surface area contributed by atoms with Gasteiger partial charge in [0.25, 0.3) is 0 Å². The maximum atomic E-state index is 13.3. The van der Waals surface area contributed by atoms with Crippen LogP contribution >= 0.6 is 11.8 Å². The molecule has 0 radical (unpaired) electrons. The van der Waals surface area contributed by atoms with Crippen LogP contribution in [0.1, 0.15) is 6.42 Å². The van der Waals surface area contributed by atoms with Crippen LogP contribution in [-0.2, 0) is 6.54 Å². The molecule has 11 heteroatoms. The second kappa shape index (κ2) is 12.3. The lowest BCUT2D eigenvalue weighted by Gasteiger charge is -2.36. The number of aromatic hydroxyl groups is 2. The smallest absolute Gasteiger partial charge is 0.160 e. The summed E-state index contributed by atoms with van der Waals surface area (Å²) in [6.45, 7) is 5.22. The Morgan fingerprint density at radius 2 is 1.62 bits per heavy atom. The Bertz CT molecular complexity index is 1750. The summed E-state index contributed by atoms with van der Waals surface area (Å²) in [5.41, 5.74) is 1.44. The first-order valence-corrected chi connectivity index (χ1v) is 15.0. The molecule has 0 saturated carbocycles. The number of fused-ring (bicyclic) bond motifs is 2. The van der Waals surface area contributed by atoms with E-state index in [0.29, 0.717) is 40.6 Å². The van der Waals surface area contributed by atoms with Crippen LogP contribution in [-0.4, -0.2) is 80.1 Å². The Hall–Kier alpha value is -4.22. The lowest BCUT2D eigenvalue weighted by Crippen LogP contribution is -2.46. The van der Waals surface area contributed by atoms with Crippen molar-refractivity contribution in [3.63, 3.8) is 0 Å². The van der Waals surface area contributed by atoms with Gasteiger partial charge in [0.2, 0.25) is 0 Å². The Balaban J connectivity index is 1.14. The molecule has 0 amide bonds. The normalized spacial score (nSPS) is 14.8. The van der Waals surface area contributed by atoms with E-state index < -0.39 is 0 Å². The van der Waals surface area contributed by atoms with E-state index in [4.69, 9.17) is 0 Å². The minimum Gasteiger partial charge on any atom is -0.505 e. The van der Waals surface area contributed by atoms with E-state index in [0.717, 1.165) is 44.2 Å². The van der Waals surface area contributed by atoms with E-state index in [1.165, 1.54) is 21.7 Å². The zero-order chi connectivity index (χ0) is 29.1. The zero-order valence-electron chi connectivity index (χ0n) is 23.1. The average Bonchev–Trinajstić information content (AvgIpc) is 3.35. The monoisotopic (exact) mass is 588 g/mol. The Labute approximate surface area is 246 Å².